The average Bonchev–Trinajstić information content (AvgIpc) is 2.47. The van der Waals surface area contributed by atoms with Crippen molar-refractivity contribution in [3.63, 3.8) is 0 Å². The molecule has 1 atom stereocenters. The van der Waals surface area contributed by atoms with Gasteiger partial charge < -0.3 is 10.6 Å². The minimum atomic E-state index is -4.19. The fourth-order valence-electron chi connectivity index (χ4n) is 2.54. The number of amides is 1. The first-order chi connectivity index (χ1) is 10.3. The van der Waals surface area contributed by atoms with Crippen LogP contribution < -0.4 is 5.73 Å². The Bertz CT molecular complexity index is 494. The number of nitrogens with zero attached hydrogens (tertiary/aromatic N) is 2. The molecule has 0 saturated carbocycles. The topological polar surface area (TPSA) is 49.6 Å². The van der Waals surface area contributed by atoms with E-state index in [9.17, 15) is 18.0 Å². The zero-order valence-corrected chi connectivity index (χ0v) is 14.7. The number of benzene rings is 1. The van der Waals surface area contributed by atoms with Crippen LogP contribution in [0.25, 0.3) is 0 Å². The predicted molar refractivity (Wildman–Crippen MR) is 91.6 cm³/mol. The minimum absolute atomic E-state index is 0. The number of piperazine rings is 1. The van der Waals surface area contributed by atoms with Gasteiger partial charge >= 0.3 is 6.18 Å². The molecule has 1 fully saturated rings. The number of carbonyl (C=O) groups excluding carboxylic acids is 1. The third kappa shape index (κ3) is 7.25. The van der Waals surface area contributed by atoms with E-state index in [1.54, 1.807) is 4.90 Å². The van der Waals surface area contributed by atoms with Gasteiger partial charge in [-0.15, -0.1) is 24.8 Å². The van der Waals surface area contributed by atoms with E-state index in [2.05, 4.69) is 0 Å². The molecule has 1 heterocycles. The molecule has 1 aromatic carbocycles. The van der Waals surface area contributed by atoms with Crippen molar-refractivity contribution in [2.24, 2.45) is 5.73 Å². The fraction of sp³-hybridized carbons (Fsp3) is 0.533. The third-order valence-electron chi connectivity index (χ3n) is 3.75. The van der Waals surface area contributed by atoms with Crippen molar-refractivity contribution in [3.8, 4) is 0 Å². The lowest BCUT2D eigenvalue weighted by Gasteiger charge is -2.35. The van der Waals surface area contributed by atoms with Crippen LogP contribution >= 0.6 is 24.8 Å². The number of rotatable bonds is 4. The number of nitrogens with two attached hydrogens (primary N) is 1. The van der Waals surface area contributed by atoms with Gasteiger partial charge in [-0.05, 0) is 5.56 Å². The summed E-state index contributed by atoms with van der Waals surface area (Å²) in [6.45, 7) is 0.197. The van der Waals surface area contributed by atoms with E-state index in [1.807, 2.05) is 30.3 Å². The van der Waals surface area contributed by atoms with Crippen molar-refractivity contribution in [2.45, 2.75) is 18.6 Å². The van der Waals surface area contributed by atoms with Crippen LogP contribution in [-0.4, -0.2) is 54.6 Å². The molecular formula is C15H22Cl2F3N3O. The maximum absolute atomic E-state index is 12.3. The van der Waals surface area contributed by atoms with Gasteiger partial charge in [0.1, 0.15) is 0 Å². The van der Waals surface area contributed by atoms with Crippen LogP contribution in [0, 0.1) is 0 Å². The molecule has 1 unspecified atom stereocenters. The van der Waals surface area contributed by atoms with Gasteiger partial charge in [0.25, 0.3) is 0 Å². The normalized spacial score (nSPS) is 16.8. The monoisotopic (exact) mass is 387 g/mol. The fourth-order valence-corrected chi connectivity index (χ4v) is 2.54. The van der Waals surface area contributed by atoms with Gasteiger partial charge in [-0.25, -0.2) is 0 Å². The molecule has 138 valence electrons. The van der Waals surface area contributed by atoms with Gasteiger partial charge in [-0.2, -0.15) is 13.2 Å². The smallest absolute Gasteiger partial charge is 0.340 e. The van der Waals surface area contributed by atoms with Crippen LogP contribution in [0.15, 0.2) is 30.3 Å². The van der Waals surface area contributed by atoms with Crippen LogP contribution in [0.5, 0.6) is 0 Å². The molecule has 24 heavy (non-hydrogen) atoms. The molecule has 9 heteroatoms. The van der Waals surface area contributed by atoms with Crippen molar-refractivity contribution in [1.29, 1.82) is 0 Å². The number of carbonyl (C=O) groups is 1. The Morgan fingerprint density at radius 3 is 2.12 bits per heavy atom. The molecule has 4 nitrogen and oxygen atoms in total. The number of hydrogen-bond donors (Lipinski definition) is 1. The van der Waals surface area contributed by atoms with Crippen molar-refractivity contribution in [1.82, 2.24) is 9.80 Å². The van der Waals surface area contributed by atoms with E-state index < -0.39 is 12.7 Å². The summed E-state index contributed by atoms with van der Waals surface area (Å²) in [7, 11) is 0. The molecule has 1 aliphatic heterocycles. The standard InChI is InChI=1S/C15H20F3N3O.2ClH/c16-15(17,18)11-20-6-8-21(9-7-20)14(22)10-13(19)12-4-2-1-3-5-12;;/h1-5,13H,6-11,19H2;2*1H. The molecular weight excluding hydrogens is 366 g/mol. The number of alkyl halides is 3. The molecule has 0 radical (unpaired) electrons. The second kappa shape index (κ2) is 10.1. The Hall–Kier alpha value is -1.02. The first-order valence-corrected chi connectivity index (χ1v) is 7.22. The first kappa shape index (κ1) is 23.0. The van der Waals surface area contributed by atoms with Crippen molar-refractivity contribution >= 4 is 30.7 Å². The molecule has 1 amide bonds. The second-order valence-electron chi connectivity index (χ2n) is 5.49. The summed E-state index contributed by atoms with van der Waals surface area (Å²) in [6.07, 6.45) is -4.02. The summed E-state index contributed by atoms with van der Waals surface area (Å²) in [5, 5.41) is 0. The van der Waals surface area contributed by atoms with Gasteiger partial charge in [-0.1, -0.05) is 30.3 Å². The van der Waals surface area contributed by atoms with Crippen LogP contribution in [0.3, 0.4) is 0 Å². The van der Waals surface area contributed by atoms with E-state index in [-0.39, 0.29) is 56.3 Å². The quantitative estimate of drug-likeness (QED) is 0.863. The van der Waals surface area contributed by atoms with Crippen LogP contribution in [0.4, 0.5) is 13.2 Å². The van der Waals surface area contributed by atoms with E-state index >= 15 is 0 Å². The third-order valence-corrected chi connectivity index (χ3v) is 3.75. The number of halogens is 5. The van der Waals surface area contributed by atoms with Gasteiger partial charge in [0.15, 0.2) is 0 Å². The molecule has 1 aromatic rings. The van der Waals surface area contributed by atoms with Gasteiger partial charge in [0, 0.05) is 38.6 Å². The molecule has 2 N–H and O–H groups in total. The molecule has 0 aliphatic carbocycles. The Balaban J connectivity index is 0.00000264. The molecule has 0 spiro atoms. The van der Waals surface area contributed by atoms with E-state index in [0.29, 0.717) is 13.1 Å². The summed E-state index contributed by atoms with van der Waals surface area (Å²) < 4.78 is 37.0. The largest absolute Gasteiger partial charge is 0.401 e. The van der Waals surface area contributed by atoms with Gasteiger partial charge in [0.2, 0.25) is 5.91 Å². The Kier molecular flexibility index (Phi) is 9.65. The van der Waals surface area contributed by atoms with Crippen molar-refractivity contribution in [2.75, 3.05) is 32.7 Å². The zero-order valence-electron chi connectivity index (χ0n) is 13.0. The van der Waals surface area contributed by atoms with Gasteiger partial charge in [-0.3, -0.25) is 9.69 Å². The summed E-state index contributed by atoms with van der Waals surface area (Å²) >= 11 is 0. The Labute approximate surface area is 152 Å². The van der Waals surface area contributed by atoms with E-state index in [0.717, 1.165) is 5.56 Å². The van der Waals surface area contributed by atoms with Crippen LogP contribution in [-0.2, 0) is 4.79 Å². The van der Waals surface area contributed by atoms with Gasteiger partial charge in [0.05, 0.1) is 6.54 Å². The highest BCUT2D eigenvalue weighted by molar-refractivity contribution is 5.85. The molecule has 0 bridgehead atoms. The minimum Gasteiger partial charge on any atom is -0.340 e. The molecule has 0 aromatic heterocycles. The number of hydrogen-bond acceptors (Lipinski definition) is 3. The van der Waals surface area contributed by atoms with Crippen molar-refractivity contribution < 1.29 is 18.0 Å². The summed E-state index contributed by atoms with van der Waals surface area (Å²) in [6, 6.07) is 8.92. The zero-order chi connectivity index (χ0) is 16.2. The SMILES string of the molecule is Cl.Cl.NC(CC(=O)N1CCN(CC(F)(F)F)CC1)c1ccccc1. The predicted octanol–water partition coefficient (Wildman–Crippen LogP) is 2.63. The van der Waals surface area contributed by atoms with Crippen LogP contribution in [0.1, 0.15) is 18.0 Å². The Morgan fingerprint density at radius 2 is 1.62 bits per heavy atom. The highest BCUT2D eigenvalue weighted by Gasteiger charge is 2.32. The maximum Gasteiger partial charge on any atom is 0.401 e. The summed E-state index contributed by atoms with van der Waals surface area (Å²) in [4.78, 5) is 15.1. The highest BCUT2D eigenvalue weighted by Crippen LogP contribution is 2.19. The lowest BCUT2D eigenvalue weighted by Crippen LogP contribution is -2.51. The van der Waals surface area contributed by atoms with E-state index in [4.69, 9.17) is 5.73 Å². The lowest BCUT2D eigenvalue weighted by molar-refractivity contribution is -0.151. The molecule has 2 rings (SSSR count). The Morgan fingerprint density at radius 1 is 1.08 bits per heavy atom. The van der Waals surface area contributed by atoms with E-state index in [1.165, 1.54) is 4.90 Å². The lowest BCUT2D eigenvalue weighted by atomic mass is 10.0. The summed E-state index contributed by atoms with van der Waals surface area (Å²) in [5.74, 6) is -0.108. The van der Waals surface area contributed by atoms with Crippen molar-refractivity contribution in [3.05, 3.63) is 35.9 Å². The molecule has 1 aliphatic rings. The average molecular weight is 388 g/mol. The maximum atomic E-state index is 12.3. The molecule has 1 saturated heterocycles. The second-order valence-corrected chi connectivity index (χ2v) is 5.49. The first-order valence-electron chi connectivity index (χ1n) is 7.22. The van der Waals surface area contributed by atoms with Crippen LogP contribution in [0.2, 0.25) is 0 Å². The summed E-state index contributed by atoms with van der Waals surface area (Å²) in [5.41, 5.74) is 6.89. The highest BCUT2D eigenvalue weighted by atomic mass is 35.5.